The van der Waals surface area contributed by atoms with E-state index >= 15 is 0 Å². The molecule has 2 aromatic rings. The Kier molecular flexibility index (Phi) is 5.61. The van der Waals surface area contributed by atoms with Gasteiger partial charge >= 0.3 is 0 Å². The molecule has 0 aliphatic heterocycles. The Hall–Kier alpha value is -1.33. The smallest absolute Gasteiger partial charge is 0.138 e. The predicted molar refractivity (Wildman–Crippen MR) is 83.8 cm³/mol. The van der Waals surface area contributed by atoms with Crippen molar-refractivity contribution in [1.29, 1.82) is 0 Å². The first-order valence-electron chi connectivity index (χ1n) is 7.07. The summed E-state index contributed by atoms with van der Waals surface area (Å²) in [5.74, 6) is 1.88. The molecule has 1 heterocycles. The van der Waals surface area contributed by atoms with Gasteiger partial charge in [-0.2, -0.15) is 5.10 Å². The van der Waals surface area contributed by atoms with E-state index in [2.05, 4.69) is 60.4 Å². The van der Waals surface area contributed by atoms with Crippen LogP contribution in [0.2, 0.25) is 0 Å². The number of hydrogen-bond donors (Lipinski definition) is 1. The van der Waals surface area contributed by atoms with E-state index in [9.17, 15) is 0 Å². The van der Waals surface area contributed by atoms with E-state index in [4.69, 9.17) is 0 Å². The molecule has 0 saturated heterocycles. The van der Waals surface area contributed by atoms with Crippen molar-refractivity contribution in [2.45, 2.75) is 44.0 Å². The summed E-state index contributed by atoms with van der Waals surface area (Å²) < 4.78 is 1.94. The van der Waals surface area contributed by atoms with Gasteiger partial charge in [-0.1, -0.05) is 19.1 Å². The molecule has 1 unspecified atom stereocenters. The average Bonchev–Trinajstić information content (AvgIpc) is 2.93. The van der Waals surface area contributed by atoms with Crippen LogP contribution in [0, 0.1) is 0 Å². The van der Waals surface area contributed by atoms with Crippen LogP contribution in [0.5, 0.6) is 0 Å². The van der Waals surface area contributed by atoms with Crippen LogP contribution < -0.4 is 5.32 Å². The lowest BCUT2D eigenvalue weighted by Gasteiger charge is -2.13. The molecule has 0 aliphatic rings. The third kappa shape index (κ3) is 3.84. The van der Waals surface area contributed by atoms with Gasteiger partial charge in [-0.05, 0) is 38.1 Å². The van der Waals surface area contributed by atoms with Gasteiger partial charge < -0.3 is 5.32 Å². The Bertz CT molecular complexity index is 538. The molecule has 2 rings (SSSR count). The summed E-state index contributed by atoms with van der Waals surface area (Å²) in [6.45, 7) is 8.26. The Balaban J connectivity index is 2.01. The second kappa shape index (κ2) is 7.45. The fourth-order valence-electron chi connectivity index (χ4n) is 2.11. The van der Waals surface area contributed by atoms with Crippen molar-refractivity contribution in [3.63, 3.8) is 0 Å². The minimum atomic E-state index is 0.389. The molecule has 0 radical (unpaired) electrons. The monoisotopic (exact) mass is 290 g/mol. The molecule has 108 valence electrons. The second-order valence-corrected chi connectivity index (χ2v) is 5.68. The summed E-state index contributed by atoms with van der Waals surface area (Å²) in [5, 5.41) is 7.64. The summed E-state index contributed by atoms with van der Waals surface area (Å²) in [5.41, 5.74) is 1.33. The van der Waals surface area contributed by atoms with Crippen LogP contribution in [0.1, 0.15) is 38.2 Å². The van der Waals surface area contributed by atoms with Crippen molar-refractivity contribution in [1.82, 2.24) is 20.1 Å². The fraction of sp³-hybridized carbons (Fsp3) is 0.467. The lowest BCUT2D eigenvalue weighted by molar-refractivity contribution is 0.597. The van der Waals surface area contributed by atoms with E-state index in [-0.39, 0.29) is 0 Å². The van der Waals surface area contributed by atoms with Crippen molar-refractivity contribution < 1.29 is 0 Å². The minimum absolute atomic E-state index is 0.389. The lowest BCUT2D eigenvalue weighted by atomic mass is 10.1. The van der Waals surface area contributed by atoms with Gasteiger partial charge in [0.1, 0.15) is 12.2 Å². The molecule has 20 heavy (non-hydrogen) atoms. The zero-order valence-corrected chi connectivity index (χ0v) is 13.2. The van der Waals surface area contributed by atoms with Crippen LogP contribution in [-0.4, -0.2) is 21.3 Å². The summed E-state index contributed by atoms with van der Waals surface area (Å²) in [6.07, 6.45) is 1.63. The van der Waals surface area contributed by atoms with Gasteiger partial charge in [0, 0.05) is 17.5 Å². The fourth-order valence-corrected chi connectivity index (χ4v) is 3.02. The number of aromatic nitrogens is 3. The third-order valence-electron chi connectivity index (χ3n) is 3.23. The molecule has 1 atom stereocenters. The first-order valence-corrected chi connectivity index (χ1v) is 8.06. The molecule has 1 aromatic heterocycles. The van der Waals surface area contributed by atoms with Gasteiger partial charge in [-0.15, -0.1) is 11.8 Å². The lowest BCUT2D eigenvalue weighted by Crippen LogP contribution is -2.17. The average molecular weight is 290 g/mol. The van der Waals surface area contributed by atoms with E-state index in [1.807, 2.05) is 4.68 Å². The van der Waals surface area contributed by atoms with Gasteiger partial charge in [-0.3, -0.25) is 0 Å². The molecule has 5 heteroatoms. The highest BCUT2D eigenvalue weighted by Gasteiger charge is 2.07. The second-order valence-electron chi connectivity index (χ2n) is 4.63. The van der Waals surface area contributed by atoms with E-state index in [0.29, 0.717) is 6.04 Å². The summed E-state index contributed by atoms with van der Waals surface area (Å²) in [6, 6.07) is 9.09. The number of nitrogens with one attached hydrogen (secondary N) is 1. The number of benzene rings is 1. The Morgan fingerprint density at radius 3 is 2.95 bits per heavy atom. The topological polar surface area (TPSA) is 42.7 Å². The van der Waals surface area contributed by atoms with Crippen LogP contribution in [0.25, 0.3) is 0 Å². The number of aryl methyl sites for hydroxylation is 1. The SMILES string of the molecule is CCNC(C)c1cccc(SCc2ncnn2CC)c1. The maximum atomic E-state index is 4.31. The molecule has 0 spiro atoms. The van der Waals surface area contributed by atoms with Gasteiger partial charge in [0.25, 0.3) is 0 Å². The number of nitrogens with zero attached hydrogens (tertiary/aromatic N) is 3. The normalized spacial score (nSPS) is 12.6. The molecule has 0 bridgehead atoms. The predicted octanol–water partition coefficient (Wildman–Crippen LogP) is 3.26. The molecule has 1 aromatic carbocycles. The molecular weight excluding hydrogens is 268 g/mol. The zero-order valence-electron chi connectivity index (χ0n) is 12.3. The van der Waals surface area contributed by atoms with Crippen LogP contribution in [0.15, 0.2) is 35.5 Å². The van der Waals surface area contributed by atoms with Crippen LogP contribution >= 0.6 is 11.8 Å². The largest absolute Gasteiger partial charge is 0.310 e. The van der Waals surface area contributed by atoms with Gasteiger partial charge in [0.15, 0.2) is 0 Å². The molecule has 1 N–H and O–H groups in total. The number of hydrogen-bond acceptors (Lipinski definition) is 4. The molecule has 4 nitrogen and oxygen atoms in total. The highest BCUT2D eigenvalue weighted by atomic mass is 32.2. The molecule has 0 amide bonds. The van der Waals surface area contributed by atoms with E-state index < -0.39 is 0 Å². The van der Waals surface area contributed by atoms with Gasteiger partial charge in [0.05, 0.1) is 5.75 Å². The Morgan fingerprint density at radius 1 is 1.35 bits per heavy atom. The first-order chi connectivity index (χ1) is 9.74. The minimum Gasteiger partial charge on any atom is -0.310 e. The zero-order chi connectivity index (χ0) is 14.4. The molecular formula is C15H22N4S. The number of thioether (sulfide) groups is 1. The summed E-state index contributed by atoms with van der Waals surface area (Å²) >= 11 is 1.81. The number of rotatable bonds is 7. The quantitative estimate of drug-likeness (QED) is 0.795. The van der Waals surface area contributed by atoms with Crippen molar-refractivity contribution in [2.24, 2.45) is 0 Å². The molecule has 0 fully saturated rings. The Labute approximate surface area is 125 Å². The molecule has 0 saturated carbocycles. The maximum absolute atomic E-state index is 4.31. The first kappa shape index (κ1) is 15.1. The highest BCUT2D eigenvalue weighted by molar-refractivity contribution is 7.98. The van der Waals surface area contributed by atoms with E-state index in [0.717, 1.165) is 24.7 Å². The van der Waals surface area contributed by atoms with Crippen molar-refractivity contribution in [3.8, 4) is 0 Å². The molecule has 0 aliphatic carbocycles. The van der Waals surface area contributed by atoms with Crippen LogP contribution in [-0.2, 0) is 12.3 Å². The summed E-state index contributed by atoms with van der Waals surface area (Å²) in [4.78, 5) is 5.58. The summed E-state index contributed by atoms with van der Waals surface area (Å²) in [7, 11) is 0. The van der Waals surface area contributed by atoms with Crippen molar-refractivity contribution in [2.75, 3.05) is 6.54 Å². The maximum Gasteiger partial charge on any atom is 0.138 e. The van der Waals surface area contributed by atoms with E-state index in [1.165, 1.54) is 10.5 Å². The Morgan fingerprint density at radius 2 is 2.20 bits per heavy atom. The van der Waals surface area contributed by atoms with Gasteiger partial charge in [0.2, 0.25) is 0 Å². The van der Waals surface area contributed by atoms with Crippen LogP contribution in [0.4, 0.5) is 0 Å². The van der Waals surface area contributed by atoms with Gasteiger partial charge in [-0.25, -0.2) is 9.67 Å². The standard InChI is InChI=1S/C15H22N4S/c1-4-16-12(3)13-7-6-8-14(9-13)20-10-15-17-11-18-19(15)5-2/h6-9,11-12,16H,4-5,10H2,1-3H3. The highest BCUT2D eigenvalue weighted by Crippen LogP contribution is 2.25. The van der Waals surface area contributed by atoms with Crippen LogP contribution in [0.3, 0.4) is 0 Å². The van der Waals surface area contributed by atoms with Crippen molar-refractivity contribution >= 4 is 11.8 Å². The van der Waals surface area contributed by atoms with E-state index in [1.54, 1.807) is 18.1 Å². The van der Waals surface area contributed by atoms with Crippen molar-refractivity contribution in [3.05, 3.63) is 42.0 Å². The third-order valence-corrected chi connectivity index (χ3v) is 4.22.